The molecule has 0 spiro atoms. The lowest BCUT2D eigenvalue weighted by Crippen LogP contribution is -2.41. The highest BCUT2D eigenvalue weighted by Gasteiger charge is 2.39. The molecule has 1 fully saturated rings. The summed E-state index contributed by atoms with van der Waals surface area (Å²) in [7, 11) is -0.724. The van der Waals surface area contributed by atoms with Gasteiger partial charge in [-0.3, -0.25) is 9.59 Å². The Labute approximate surface area is 77.7 Å². The number of unbranched alkanes of at least 4 members (excludes halogenated alkanes) is 1. The van der Waals surface area contributed by atoms with Gasteiger partial charge in [0, 0.05) is 0 Å². The van der Waals surface area contributed by atoms with Crippen LogP contribution in [0.25, 0.3) is 0 Å². The molecule has 0 unspecified atom stereocenters. The number of carbonyl (C=O) groups excluding carboxylic acids is 2. The van der Waals surface area contributed by atoms with E-state index in [0.29, 0.717) is 6.42 Å². The van der Waals surface area contributed by atoms with Crippen LogP contribution in [0.4, 0.5) is 0 Å². The molecule has 72 valence electrons. The van der Waals surface area contributed by atoms with Crippen LogP contribution in [0.5, 0.6) is 0 Å². The zero-order valence-corrected chi connectivity index (χ0v) is 7.91. The highest BCUT2D eigenvalue weighted by atomic mass is 16.7. The van der Waals surface area contributed by atoms with Crippen LogP contribution in [0.15, 0.2) is 0 Å². The predicted molar refractivity (Wildman–Crippen MR) is 46.8 cm³/mol. The molecule has 5 heteroatoms. The Morgan fingerprint density at radius 2 is 1.85 bits per heavy atom. The molecular weight excluding hydrogens is 171 g/mol. The third-order valence-electron chi connectivity index (χ3n) is 1.98. The van der Waals surface area contributed by atoms with E-state index in [9.17, 15) is 9.59 Å². The van der Waals surface area contributed by atoms with E-state index in [1.54, 1.807) is 0 Å². The molecule has 4 nitrogen and oxygen atoms in total. The van der Waals surface area contributed by atoms with Gasteiger partial charge in [-0.2, -0.15) is 0 Å². The van der Waals surface area contributed by atoms with E-state index in [0.717, 1.165) is 12.8 Å². The van der Waals surface area contributed by atoms with Crippen molar-refractivity contribution in [3.05, 3.63) is 0 Å². The van der Waals surface area contributed by atoms with Gasteiger partial charge in [0.05, 0.1) is 0 Å². The highest BCUT2D eigenvalue weighted by Crippen LogP contribution is 2.18. The fraction of sp³-hybridized carbons (Fsp3) is 0.750. The maximum absolute atomic E-state index is 11.2. The van der Waals surface area contributed by atoms with Gasteiger partial charge in [0.2, 0.25) is 0 Å². The second-order valence-corrected chi connectivity index (χ2v) is 3.14. The van der Waals surface area contributed by atoms with E-state index in [1.807, 2.05) is 6.92 Å². The van der Waals surface area contributed by atoms with Crippen LogP contribution >= 0.6 is 0 Å². The first-order valence-electron chi connectivity index (χ1n) is 4.56. The summed E-state index contributed by atoms with van der Waals surface area (Å²) in [4.78, 5) is 22.4. The quantitative estimate of drug-likeness (QED) is 0.485. The number of hydrogen-bond donors (Lipinski definition) is 0. The molecule has 0 bridgehead atoms. The van der Waals surface area contributed by atoms with E-state index < -0.39 is 25.0 Å². The molecule has 0 saturated carbocycles. The molecule has 0 atom stereocenters. The summed E-state index contributed by atoms with van der Waals surface area (Å²) < 4.78 is 9.57. The fourth-order valence-electron chi connectivity index (χ4n) is 1.26. The first kappa shape index (κ1) is 10.1. The second kappa shape index (κ2) is 4.30. The van der Waals surface area contributed by atoms with Gasteiger partial charge < -0.3 is 9.31 Å². The molecular formula is C8H13BO4. The fourth-order valence-corrected chi connectivity index (χ4v) is 1.26. The molecule has 0 radical (unpaired) electrons. The standard InChI is InChI=1S/C8H13BO4/c1-3-4-5-6-7(10)12-9(2)13-8(6)11/h6H,3-5H2,1-2H3. The molecule has 1 rings (SSSR count). The van der Waals surface area contributed by atoms with E-state index >= 15 is 0 Å². The molecule has 1 heterocycles. The van der Waals surface area contributed by atoms with E-state index in [4.69, 9.17) is 9.31 Å². The number of rotatable bonds is 3. The minimum absolute atomic E-state index is 0.447. The van der Waals surface area contributed by atoms with E-state index in [-0.39, 0.29) is 0 Å². The van der Waals surface area contributed by atoms with Gasteiger partial charge in [-0.1, -0.05) is 19.8 Å². The van der Waals surface area contributed by atoms with Crippen molar-refractivity contribution in [2.24, 2.45) is 5.92 Å². The monoisotopic (exact) mass is 184 g/mol. The topological polar surface area (TPSA) is 52.6 Å². The van der Waals surface area contributed by atoms with Crippen molar-refractivity contribution in [2.45, 2.75) is 33.0 Å². The van der Waals surface area contributed by atoms with Gasteiger partial charge in [-0.25, -0.2) is 0 Å². The van der Waals surface area contributed by atoms with Crippen LogP contribution in [-0.2, 0) is 18.9 Å². The summed E-state index contributed by atoms with van der Waals surface area (Å²) in [5, 5.41) is 0. The third-order valence-corrected chi connectivity index (χ3v) is 1.98. The summed E-state index contributed by atoms with van der Waals surface area (Å²) in [5.41, 5.74) is 0. The summed E-state index contributed by atoms with van der Waals surface area (Å²) in [6.07, 6.45) is 2.32. The SMILES string of the molecule is CCCCC1C(=O)OB(C)OC1=O. The lowest BCUT2D eigenvalue weighted by Gasteiger charge is -2.23. The number of carbonyl (C=O) groups is 2. The largest absolute Gasteiger partial charge is 0.595 e. The smallest absolute Gasteiger partial charge is 0.499 e. The Bertz CT molecular complexity index is 198. The highest BCUT2D eigenvalue weighted by molar-refractivity contribution is 6.49. The van der Waals surface area contributed by atoms with Crippen LogP contribution in [0.3, 0.4) is 0 Å². The van der Waals surface area contributed by atoms with Crippen LogP contribution in [0.1, 0.15) is 26.2 Å². The maximum atomic E-state index is 11.2. The molecule has 0 aromatic carbocycles. The van der Waals surface area contributed by atoms with Gasteiger partial charge in [0.15, 0.2) is 5.92 Å². The molecule has 1 aliphatic rings. The van der Waals surface area contributed by atoms with Crippen molar-refractivity contribution < 1.29 is 18.9 Å². The van der Waals surface area contributed by atoms with E-state index in [1.165, 1.54) is 6.82 Å². The first-order valence-corrected chi connectivity index (χ1v) is 4.56. The van der Waals surface area contributed by atoms with Gasteiger partial charge in [-0.15, -0.1) is 0 Å². The summed E-state index contributed by atoms with van der Waals surface area (Å²) in [6, 6.07) is 0. The summed E-state index contributed by atoms with van der Waals surface area (Å²) in [5.74, 6) is -1.59. The normalized spacial score (nSPS) is 18.5. The summed E-state index contributed by atoms with van der Waals surface area (Å²) in [6.45, 7) is 3.54. The minimum atomic E-state index is -0.724. The predicted octanol–water partition coefficient (Wildman–Crippen LogP) is 1.01. The average molecular weight is 184 g/mol. The zero-order valence-electron chi connectivity index (χ0n) is 7.91. The van der Waals surface area contributed by atoms with Crippen LogP contribution in [0, 0.1) is 5.92 Å². The Morgan fingerprint density at radius 1 is 1.31 bits per heavy atom. The number of hydrogen-bond acceptors (Lipinski definition) is 4. The van der Waals surface area contributed by atoms with Crippen molar-refractivity contribution >= 4 is 19.1 Å². The van der Waals surface area contributed by atoms with Crippen molar-refractivity contribution in [2.75, 3.05) is 0 Å². The Balaban J connectivity index is 2.52. The minimum Gasteiger partial charge on any atom is -0.499 e. The van der Waals surface area contributed by atoms with Gasteiger partial charge >= 0.3 is 19.1 Å². The van der Waals surface area contributed by atoms with Crippen molar-refractivity contribution in [3.63, 3.8) is 0 Å². The Kier molecular flexibility index (Phi) is 3.34. The maximum Gasteiger partial charge on any atom is 0.595 e. The molecule has 0 N–H and O–H groups in total. The molecule has 0 aromatic heterocycles. The molecule has 13 heavy (non-hydrogen) atoms. The Hall–Kier alpha value is -0.995. The van der Waals surface area contributed by atoms with Crippen LogP contribution in [0.2, 0.25) is 6.82 Å². The molecule has 0 aliphatic carbocycles. The lowest BCUT2D eigenvalue weighted by atomic mass is 9.90. The molecule has 1 aliphatic heterocycles. The molecule has 0 amide bonds. The lowest BCUT2D eigenvalue weighted by molar-refractivity contribution is -0.159. The first-order chi connectivity index (χ1) is 6.15. The van der Waals surface area contributed by atoms with Crippen molar-refractivity contribution in [1.82, 2.24) is 0 Å². The third kappa shape index (κ3) is 2.47. The molecule has 0 aromatic rings. The van der Waals surface area contributed by atoms with Crippen LogP contribution < -0.4 is 0 Å². The van der Waals surface area contributed by atoms with Crippen LogP contribution in [-0.4, -0.2) is 19.1 Å². The zero-order chi connectivity index (χ0) is 9.84. The van der Waals surface area contributed by atoms with Gasteiger partial charge in [0.25, 0.3) is 0 Å². The van der Waals surface area contributed by atoms with Crippen molar-refractivity contribution in [3.8, 4) is 0 Å². The summed E-state index contributed by atoms with van der Waals surface area (Å²) >= 11 is 0. The van der Waals surface area contributed by atoms with Crippen molar-refractivity contribution in [1.29, 1.82) is 0 Å². The van der Waals surface area contributed by atoms with Gasteiger partial charge in [0.1, 0.15) is 0 Å². The molecule has 1 saturated heterocycles. The second-order valence-electron chi connectivity index (χ2n) is 3.14. The van der Waals surface area contributed by atoms with Gasteiger partial charge in [-0.05, 0) is 13.2 Å². The average Bonchev–Trinajstić information content (AvgIpc) is 2.02. The Morgan fingerprint density at radius 3 is 2.31 bits per heavy atom. The van der Waals surface area contributed by atoms with E-state index in [2.05, 4.69) is 0 Å².